The van der Waals surface area contributed by atoms with Crippen molar-refractivity contribution in [2.45, 2.75) is 13.8 Å². The van der Waals surface area contributed by atoms with Crippen molar-refractivity contribution in [1.82, 2.24) is 10.3 Å². The maximum Gasteiger partial charge on any atom is 0.239 e. The fraction of sp³-hybridized carbons (Fsp3) is 0.545. The Morgan fingerprint density at radius 1 is 1.61 bits per heavy atom. The van der Waals surface area contributed by atoms with Crippen LogP contribution in [0.1, 0.15) is 23.5 Å². The number of aldehydes is 1. The molecule has 0 saturated heterocycles. The Morgan fingerprint density at radius 2 is 2.28 bits per heavy atom. The van der Waals surface area contributed by atoms with Gasteiger partial charge in [-0.25, -0.2) is 4.98 Å². The van der Waals surface area contributed by atoms with Crippen LogP contribution in [0, 0.1) is 5.92 Å². The van der Waals surface area contributed by atoms with Crippen molar-refractivity contribution in [3.8, 4) is 0 Å². The average Bonchev–Trinajstić information content (AvgIpc) is 2.68. The van der Waals surface area contributed by atoms with Crippen LogP contribution in [-0.2, 0) is 4.79 Å². The van der Waals surface area contributed by atoms with Gasteiger partial charge in [0, 0.05) is 13.6 Å². The van der Waals surface area contributed by atoms with E-state index >= 15 is 0 Å². The third-order valence-electron chi connectivity index (χ3n) is 2.12. The van der Waals surface area contributed by atoms with Gasteiger partial charge in [-0.2, -0.15) is 0 Å². The van der Waals surface area contributed by atoms with E-state index in [2.05, 4.69) is 10.3 Å². The second-order valence-corrected chi connectivity index (χ2v) is 5.69. The largest absolute Gasteiger partial charge is 0.354 e. The Balaban J connectivity index is 2.56. The first kappa shape index (κ1) is 14.9. The van der Waals surface area contributed by atoms with Crippen molar-refractivity contribution >= 4 is 40.3 Å². The van der Waals surface area contributed by atoms with Gasteiger partial charge in [-0.3, -0.25) is 9.59 Å². The number of carbonyl (C=O) groups is 2. The summed E-state index contributed by atoms with van der Waals surface area (Å²) in [5, 5.41) is 3.55. The number of hydrogen-bond donors (Lipinski definition) is 1. The highest BCUT2D eigenvalue weighted by Crippen LogP contribution is 2.27. The zero-order chi connectivity index (χ0) is 13.7. The van der Waals surface area contributed by atoms with Crippen LogP contribution >= 0.6 is 22.9 Å². The van der Waals surface area contributed by atoms with Crippen LogP contribution in [0.5, 0.6) is 0 Å². The molecule has 1 N–H and O–H groups in total. The number of nitrogens with one attached hydrogen (secondary N) is 1. The van der Waals surface area contributed by atoms with Crippen molar-refractivity contribution in [3.63, 3.8) is 0 Å². The molecule has 0 aliphatic rings. The number of nitrogens with zero attached hydrogens (tertiary/aromatic N) is 2. The minimum atomic E-state index is -0.0785. The van der Waals surface area contributed by atoms with Crippen LogP contribution in [0.25, 0.3) is 0 Å². The molecule has 18 heavy (non-hydrogen) atoms. The van der Waals surface area contributed by atoms with Crippen LogP contribution in [0.4, 0.5) is 5.13 Å². The summed E-state index contributed by atoms with van der Waals surface area (Å²) in [5.41, 5.74) is 0. The van der Waals surface area contributed by atoms with Crippen LogP contribution < -0.4 is 10.2 Å². The molecule has 0 unspecified atom stereocenters. The SMILES string of the molecule is CC(C)CNC(=O)CN(C)c1nc(Cl)c(C=O)s1. The van der Waals surface area contributed by atoms with Gasteiger partial charge < -0.3 is 10.2 Å². The summed E-state index contributed by atoms with van der Waals surface area (Å²) < 4.78 is 0. The second kappa shape index (κ2) is 6.70. The number of carbonyl (C=O) groups excluding carboxylic acids is 2. The predicted molar refractivity (Wildman–Crippen MR) is 73.6 cm³/mol. The van der Waals surface area contributed by atoms with Gasteiger partial charge in [0.1, 0.15) is 4.88 Å². The normalized spacial score (nSPS) is 10.5. The van der Waals surface area contributed by atoms with Gasteiger partial charge in [-0.05, 0) is 5.92 Å². The molecule has 5 nitrogen and oxygen atoms in total. The molecule has 0 aromatic carbocycles. The van der Waals surface area contributed by atoms with E-state index in [1.54, 1.807) is 11.9 Å². The quantitative estimate of drug-likeness (QED) is 0.812. The highest BCUT2D eigenvalue weighted by Gasteiger charge is 2.14. The Kier molecular flexibility index (Phi) is 5.55. The molecule has 0 aliphatic heterocycles. The third-order valence-corrected chi connectivity index (χ3v) is 3.62. The summed E-state index contributed by atoms with van der Waals surface area (Å²) in [4.78, 5) is 28.3. The number of halogens is 1. The lowest BCUT2D eigenvalue weighted by Crippen LogP contribution is -2.36. The van der Waals surface area contributed by atoms with Crippen molar-refractivity contribution in [2.75, 3.05) is 25.0 Å². The van der Waals surface area contributed by atoms with E-state index in [-0.39, 0.29) is 17.6 Å². The van der Waals surface area contributed by atoms with E-state index < -0.39 is 0 Å². The lowest BCUT2D eigenvalue weighted by Gasteiger charge is -2.15. The van der Waals surface area contributed by atoms with E-state index in [4.69, 9.17) is 11.6 Å². The van der Waals surface area contributed by atoms with Gasteiger partial charge in [-0.1, -0.05) is 36.8 Å². The van der Waals surface area contributed by atoms with E-state index in [0.29, 0.717) is 28.8 Å². The number of likely N-dealkylation sites (N-methyl/N-ethyl adjacent to an activating group) is 1. The van der Waals surface area contributed by atoms with Gasteiger partial charge in [0.05, 0.1) is 6.54 Å². The van der Waals surface area contributed by atoms with Gasteiger partial charge in [0.2, 0.25) is 5.91 Å². The number of hydrogen-bond acceptors (Lipinski definition) is 5. The molecule has 0 saturated carbocycles. The van der Waals surface area contributed by atoms with E-state index in [1.807, 2.05) is 13.8 Å². The summed E-state index contributed by atoms with van der Waals surface area (Å²) >= 11 is 6.94. The molecule has 1 amide bonds. The van der Waals surface area contributed by atoms with E-state index in [1.165, 1.54) is 11.3 Å². The number of amides is 1. The van der Waals surface area contributed by atoms with Gasteiger partial charge in [0.25, 0.3) is 0 Å². The van der Waals surface area contributed by atoms with Crippen LogP contribution in [0.15, 0.2) is 0 Å². The zero-order valence-corrected chi connectivity index (χ0v) is 12.1. The van der Waals surface area contributed by atoms with Crippen molar-refractivity contribution in [1.29, 1.82) is 0 Å². The van der Waals surface area contributed by atoms with Crippen LogP contribution in [-0.4, -0.2) is 37.3 Å². The fourth-order valence-corrected chi connectivity index (χ4v) is 2.22. The van der Waals surface area contributed by atoms with Crippen LogP contribution in [0.3, 0.4) is 0 Å². The lowest BCUT2D eigenvalue weighted by molar-refractivity contribution is -0.119. The maximum absolute atomic E-state index is 11.6. The van der Waals surface area contributed by atoms with Crippen molar-refractivity contribution in [2.24, 2.45) is 5.92 Å². The second-order valence-electron chi connectivity index (χ2n) is 4.32. The molecule has 1 rings (SSSR count). The Morgan fingerprint density at radius 3 is 2.78 bits per heavy atom. The first-order valence-electron chi connectivity index (χ1n) is 5.53. The van der Waals surface area contributed by atoms with E-state index in [9.17, 15) is 9.59 Å². The number of thiazole rings is 1. The van der Waals surface area contributed by atoms with E-state index in [0.717, 1.165) is 0 Å². The van der Waals surface area contributed by atoms with Crippen molar-refractivity contribution in [3.05, 3.63) is 10.0 Å². The molecule has 100 valence electrons. The lowest BCUT2D eigenvalue weighted by atomic mass is 10.2. The molecule has 0 bridgehead atoms. The first-order chi connectivity index (χ1) is 8.43. The Labute approximate surface area is 115 Å². The van der Waals surface area contributed by atoms with Gasteiger partial charge in [-0.15, -0.1) is 0 Å². The number of anilines is 1. The standard InChI is InChI=1S/C11H16ClN3O2S/c1-7(2)4-13-9(17)5-15(3)11-14-10(12)8(6-16)18-11/h6-7H,4-5H2,1-3H3,(H,13,17). The molecule has 0 fully saturated rings. The summed E-state index contributed by atoms with van der Waals surface area (Å²) in [7, 11) is 1.73. The molecule has 0 aliphatic carbocycles. The molecule has 0 spiro atoms. The highest BCUT2D eigenvalue weighted by atomic mass is 35.5. The molecule has 0 radical (unpaired) electrons. The number of aromatic nitrogens is 1. The van der Waals surface area contributed by atoms with Gasteiger partial charge >= 0.3 is 0 Å². The monoisotopic (exact) mass is 289 g/mol. The molecule has 1 heterocycles. The third kappa shape index (κ3) is 4.27. The molecular formula is C11H16ClN3O2S. The average molecular weight is 290 g/mol. The summed E-state index contributed by atoms with van der Waals surface area (Å²) in [6.45, 7) is 4.89. The minimum absolute atomic E-state index is 0.0785. The molecule has 7 heteroatoms. The van der Waals surface area contributed by atoms with Crippen molar-refractivity contribution < 1.29 is 9.59 Å². The zero-order valence-electron chi connectivity index (χ0n) is 10.6. The summed E-state index contributed by atoms with van der Waals surface area (Å²) in [5.74, 6) is 0.334. The Hall–Kier alpha value is -1.14. The molecule has 0 atom stereocenters. The first-order valence-corrected chi connectivity index (χ1v) is 6.72. The molecule has 1 aromatic rings. The van der Waals surface area contributed by atoms with Crippen LogP contribution in [0.2, 0.25) is 5.15 Å². The predicted octanol–water partition coefficient (Wildman–Crippen LogP) is 1.82. The summed E-state index contributed by atoms with van der Waals surface area (Å²) in [6, 6.07) is 0. The smallest absolute Gasteiger partial charge is 0.239 e. The fourth-order valence-electron chi connectivity index (χ4n) is 1.20. The Bertz CT molecular complexity index is 434. The molecular weight excluding hydrogens is 274 g/mol. The maximum atomic E-state index is 11.6. The minimum Gasteiger partial charge on any atom is -0.354 e. The topological polar surface area (TPSA) is 62.3 Å². The molecule has 1 aromatic heterocycles. The van der Waals surface area contributed by atoms with Gasteiger partial charge in [0.15, 0.2) is 16.6 Å². The highest BCUT2D eigenvalue weighted by molar-refractivity contribution is 7.17. The number of rotatable bonds is 6. The summed E-state index contributed by atoms with van der Waals surface area (Å²) in [6.07, 6.45) is 0.663.